The lowest BCUT2D eigenvalue weighted by Gasteiger charge is -2.19. The standard InChI is InChI=1S/C14H22N4O/c1-16(2)8-3-9-17-10-11-18(14(17)19)13-6-4-12(15)5-7-13/h4-7H,3,8-11,15H2,1-2H3. The Morgan fingerprint density at radius 1 is 1.21 bits per heavy atom. The minimum absolute atomic E-state index is 0.100. The van der Waals surface area contributed by atoms with E-state index in [1.54, 1.807) is 0 Å². The average Bonchev–Trinajstić information content (AvgIpc) is 2.72. The van der Waals surface area contributed by atoms with E-state index in [2.05, 4.69) is 4.90 Å². The number of nitrogens with two attached hydrogens (primary N) is 1. The van der Waals surface area contributed by atoms with Crippen molar-refractivity contribution < 1.29 is 4.79 Å². The molecule has 0 bridgehead atoms. The summed E-state index contributed by atoms with van der Waals surface area (Å²) in [6.45, 7) is 3.38. The number of hydrogen-bond donors (Lipinski definition) is 1. The van der Waals surface area contributed by atoms with Crippen molar-refractivity contribution >= 4 is 17.4 Å². The first-order valence-corrected chi connectivity index (χ1v) is 6.64. The van der Waals surface area contributed by atoms with Crippen LogP contribution in [0.3, 0.4) is 0 Å². The molecule has 1 heterocycles. The van der Waals surface area contributed by atoms with Crippen molar-refractivity contribution in [1.82, 2.24) is 9.80 Å². The molecule has 0 spiro atoms. The monoisotopic (exact) mass is 262 g/mol. The van der Waals surface area contributed by atoms with Gasteiger partial charge in [0, 0.05) is 31.0 Å². The fourth-order valence-corrected chi connectivity index (χ4v) is 2.26. The van der Waals surface area contributed by atoms with Crippen LogP contribution >= 0.6 is 0 Å². The van der Waals surface area contributed by atoms with Crippen LogP contribution in [0.15, 0.2) is 24.3 Å². The molecule has 2 rings (SSSR count). The zero-order chi connectivity index (χ0) is 13.8. The van der Waals surface area contributed by atoms with Gasteiger partial charge in [-0.25, -0.2) is 4.79 Å². The third-order valence-corrected chi connectivity index (χ3v) is 3.33. The molecule has 1 saturated heterocycles. The van der Waals surface area contributed by atoms with Crippen LogP contribution in [0.4, 0.5) is 16.2 Å². The van der Waals surface area contributed by atoms with Gasteiger partial charge < -0.3 is 15.5 Å². The van der Waals surface area contributed by atoms with Gasteiger partial charge in [0.2, 0.25) is 0 Å². The van der Waals surface area contributed by atoms with Crippen molar-refractivity contribution in [2.75, 3.05) is 50.9 Å². The highest BCUT2D eigenvalue weighted by molar-refractivity contribution is 5.94. The van der Waals surface area contributed by atoms with E-state index in [1.807, 2.05) is 48.2 Å². The third-order valence-electron chi connectivity index (χ3n) is 3.33. The van der Waals surface area contributed by atoms with Crippen molar-refractivity contribution in [3.63, 3.8) is 0 Å². The molecule has 19 heavy (non-hydrogen) atoms. The summed E-state index contributed by atoms with van der Waals surface area (Å²) in [6.07, 6.45) is 1.01. The van der Waals surface area contributed by atoms with Crippen molar-refractivity contribution in [3.8, 4) is 0 Å². The van der Waals surface area contributed by atoms with Crippen LogP contribution in [0, 0.1) is 0 Å². The highest BCUT2D eigenvalue weighted by atomic mass is 16.2. The lowest BCUT2D eigenvalue weighted by atomic mass is 10.2. The smallest absolute Gasteiger partial charge is 0.324 e. The highest BCUT2D eigenvalue weighted by Gasteiger charge is 2.28. The van der Waals surface area contributed by atoms with Gasteiger partial charge in [0.1, 0.15) is 0 Å². The molecule has 1 aliphatic rings. The van der Waals surface area contributed by atoms with Crippen LogP contribution in [0.5, 0.6) is 0 Å². The van der Waals surface area contributed by atoms with E-state index in [0.29, 0.717) is 0 Å². The number of amides is 2. The molecule has 0 saturated carbocycles. The Labute approximate surface area is 114 Å². The second-order valence-electron chi connectivity index (χ2n) is 5.17. The Bertz CT molecular complexity index is 430. The third kappa shape index (κ3) is 3.38. The molecule has 2 amide bonds. The van der Waals surface area contributed by atoms with Crippen LogP contribution in [0.25, 0.3) is 0 Å². The Hall–Kier alpha value is -1.75. The van der Waals surface area contributed by atoms with E-state index in [0.717, 1.165) is 44.0 Å². The molecular weight excluding hydrogens is 240 g/mol. The van der Waals surface area contributed by atoms with Gasteiger partial charge >= 0.3 is 6.03 Å². The fraction of sp³-hybridized carbons (Fsp3) is 0.500. The molecule has 0 aliphatic carbocycles. The van der Waals surface area contributed by atoms with E-state index in [9.17, 15) is 4.79 Å². The summed E-state index contributed by atoms with van der Waals surface area (Å²) in [4.78, 5) is 18.1. The first kappa shape index (κ1) is 13.7. The summed E-state index contributed by atoms with van der Waals surface area (Å²) in [5.74, 6) is 0. The molecule has 5 heteroatoms. The minimum atomic E-state index is 0.100. The quantitative estimate of drug-likeness (QED) is 0.817. The van der Waals surface area contributed by atoms with Gasteiger partial charge in [-0.3, -0.25) is 4.90 Å². The molecule has 5 nitrogen and oxygen atoms in total. The van der Waals surface area contributed by atoms with Crippen LogP contribution in [-0.2, 0) is 0 Å². The van der Waals surface area contributed by atoms with Crippen LogP contribution in [0.1, 0.15) is 6.42 Å². The number of nitrogens with zero attached hydrogens (tertiary/aromatic N) is 3. The highest BCUT2D eigenvalue weighted by Crippen LogP contribution is 2.21. The van der Waals surface area contributed by atoms with Crippen LogP contribution < -0.4 is 10.6 Å². The van der Waals surface area contributed by atoms with Gasteiger partial charge in [0.05, 0.1) is 0 Å². The molecule has 104 valence electrons. The van der Waals surface area contributed by atoms with E-state index in [1.165, 1.54) is 0 Å². The number of nitrogen functional groups attached to an aromatic ring is 1. The van der Waals surface area contributed by atoms with Gasteiger partial charge in [-0.15, -0.1) is 0 Å². The van der Waals surface area contributed by atoms with E-state index in [4.69, 9.17) is 5.73 Å². The second kappa shape index (κ2) is 5.93. The summed E-state index contributed by atoms with van der Waals surface area (Å²) in [5, 5.41) is 0. The van der Waals surface area contributed by atoms with Gasteiger partial charge in [0.15, 0.2) is 0 Å². The number of anilines is 2. The van der Waals surface area contributed by atoms with Crippen LogP contribution in [0.2, 0.25) is 0 Å². The Morgan fingerprint density at radius 3 is 2.53 bits per heavy atom. The molecular formula is C14H22N4O. The maximum Gasteiger partial charge on any atom is 0.324 e. The summed E-state index contributed by atoms with van der Waals surface area (Å²) >= 11 is 0. The first-order chi connectivity index (χ1) is 9.08. The number of rotatable bonds is 5. The predicted molar refractivity (Wildman–Crippen MR) is 78.3 cm³/mol. The Balaban J connectivity index is 1.92. The molecule has 1 aliphatic heterocycles. The van der Waals surface area contributed by atoms with Crippen molar-refractivity contribution in [2.24, 2.45) is 0 Å². The topological polar surface area (TPSA) is 52.8 Å². The summed E-state index contributed by atoms with van der Waals surface area (Å²) in [7, 11) is 4.10. The maximum absolute atomic E-state index is 12.3. The van der Waals surface area contributed by atoms with E-state index in [-0.39, 0.29) is 6.03 Å². The van der Waals surface area contributed by atoms with E-state index < -0.39 is 0 Å². The molecule has 0 atom stereocenters. The molecule has 1 fully saturated rings. The lowest BCUT2D eigenvalue weighted by molar-refractivity contribution is 0.218. The van der Waals surface area contributed by atoms with Gasteiger partial charge in [0.25, 0.3) is 0 Å². The van der Waals surface area contributed by atoms with Crippen LogP contribution in [-0.4, -0.2) is 56.1 Å². The number of benzene rings is 1. The SMILES string of the molecule is CN(C)CCCN1CCN(c2ccc(N)cc2)C1=O. The van der Waals surface area contributed by atoms with Gasteiger partial charge in [-0.2, -0.15) is 0 Å². The van der Waals surface area contributed by atoms with E-state index >= 15 is 0 Å². The molecule has 0 radical (unpaired) electrons. The number of carbonyl (C=O) groups is 1. The van der Waals surface area contributed by atoms with Crippen molar-refractivity contribution in [1.29, 1.82) is 0 Å². The van der Waals surface area contributed by atoms with Crippen molar-refractivity contribution in [2.45, 2.75) is 6.42 Å². The summed E-state index contributed by atoms with van der Waals surface area (Å²) < 4.78 is 0. The maximum atomic E-state index is 12.3. The zero-order valence-electron chi connectivity index (χ0n) is 11.7. The Kier molecular flexibility index (Phi) is 4.27. The summed E-state index contributed by atoms with van der Waals surface area (Å²) in [5.41, 5.74) is 7.31. The Morgan fingerprint density at radius 2 is 1.89 bits per heavy atom. The molecule has 2 N–H and O–H groups in total. The number of carbonyl (C=O) groups excluding carboxylic acids is 1. The molecule has 0 unspecified atom stereocenters. The second-order valence-corrected chi connectivity index (χ2v) is 5.17. The largest absolute Gasteiger partial charge is 0.399 e. The average molecular weight is 262 g/mol. The molecule has 1 aromatic carbocycles. The van der Waals surface area contributed by atoms with Crippen molar-refractivity contribution in [3.05, 3.63) is 24.3 Å². The molecule has 1 aromatic rings. The number of hydrogen-bond acceptors (Lipinski definition) is 3. The predicted octanol–water partition coefficient (Wildman–Crippen LogP) is 1.46. The first-order valence-electron chi connectivity index (χ1n) is 6.64. The molecule has 0 aromatic heterocycles. The minimum Gasteiger partial charge on any atom is -0.399 e. The van der Waals surface area contributed by atoms with Gasteiger partial charge in [-0.05, 0) is 51.3 Å². The van der Waals surface area contributed by atoms with Gasteiger partial charge in [-0.1, -0.05) is 0 Å². The zero-order valence-corrected chi connectivity index (χ0v) is 11.7. The number of urea groups is 1. The summed E-state index contributed by atoms with van der Waals surface area (Å²) in [6, 6.07) is 7.56. The normalized spacial score (nSPS) is 15.6. The lowest BCUT2D eigenvalue weighted by Crippen LogP contribution is -2.33. The fourth-order valence-electron chi connectivity index (χ4n) is 2.26.